The fraction of sp³-hybridized carbons (Fsp3) is 0.231. The van der Waals surface area contributed by atoms with Gasteiger partial charge in [0.25, 0.3) is 0 Å². The summed E-state index contributed by atoms with van der Waals surface area (Å²) >= 11 is 19.5. The van der Waals surface area contributed by atoms with Crippen molar-refractivity contribution in [1.29, 1.82) is 0 Å². The Balaban J connectivity index is 2.86. The Labute approximate surface area is 146 Å². The van der Waals surface area contributed by atoms with Crippen LogP contribution in [-0.4, -0.2) is 18.0 Å². The van der Waals surface area contributed by atoms with Crippen molar-refractivity contribution in [2.24, 2.45) is 0 Å². The fourth-order valence-electron chi connectivity index (χ4n) is 2.02. The Kier molecular flexibility index (Phi) is 4.97. The zero-order valence-electron chi connectivity index (χ0n) is 11.1. The SMILES string of the molecule is C[Si](C)(C)c1c(Cl)ncc(Br)c1-c1cc(Cl)ncc1Br. The van der Waals surface area contributed by atoms with E-state index < -0.39 is 8.07 Å². The molecule has 2 heterocycles. The van der Waals surface area contributed by atoms with E-state index in [1.807, 2.05) is 6.07 Å². The molecule has 0 fully saturated rings. The summed E-state index contributed by atoms with van der Waals surface area (Å²) < 4.78 is 1.78. The molecule has 0 saturated carbocycles. The van der Waals surface area contributed by atoms with Crippen LogP contribution in [0.5, 0.6) is 0 Å². The molecular formula is C13H12Br2Cl2N2Si. The molecule has 0 aliphatic rings. The van der Waals surface area contributed by atoms with Crippen molar-refractivity contribution in [3.63, 3.8) is 0 Å². The molecule has 2 aromatic rings. The van der Waals surface area contributed by atoms with Crippen molar-refractivity contribution >= 4 is 68.3 Å². The number of rotatable bonds is 2. The number of hydrogen-bond acceptors (Lipinski definition) is 2. The molecule has 0 aromatic carbocycles. The van der Waals surface area contributed by atoms with Crippen LogP contribution in [0, 0.1) is 0 Å². The van der Waals surface area contributed by atoms with Gasteiger partial charge in [-0.3, -0.25) is 0 Å². The molecule has 2 nitrogen and oxygen atoms in total. The van der Waals surface area contributed by atoms with Crippen LogP contribution in [0.25, 0.3) is 11.1 Å². The van der Waals surface area contributed by atoms with Crippen LogP contribution in [0.3, 0.4) is 0 Å². The van der Waals surface area contributed by atoms with Crippen molar-refractivity contribution in [2.45, 2.75) is 19.6 Å². The molecule has 0 spiro atoms. The quantitative estimate of drug-likeness (QED) is 0.441. The summed E-state index contributed by atoms with van der Waals surface area (Å²) in [6.07, 6.45) is 3.43. The molecule has 0 atom stereocenters. The van der Waals surface area contributed by atoms with Crippen molar-refractivity contribution < 1.29 is 0 Å². The van der Waals surface area contributed by atoms with E-state index >= 15 is 0 Å². The lowest BCUT2D eigenvalue weighted by molar-refractivity contribution is 1.29. The summed E-state index contributed by atoms with van der Waals surface area (Å²) in [5.41, 5.74) is 2.01. The molecule has 2 aromatic heterocycles. The van der Waals surface area contributed by atoms with Gasteiger partial charge in [-0.05, 0) is 43.1 Å². The van der Waals surface area contributed by atoms with Crippen LogP contribution < -0.4 is 5.19 Å². The number of nitrogens with zero attached hydrogens (tertiary/aromatic N) is 2. The Morgan fingerprint density at radius 1 is 1.00 bits per heavy atom. The predicted molar refractivity (Wildman–Crippen MR) is 95.9 cm³/mol. The van der Waals surface area contributed by atoms with Crippen molar-refractivity contribution in [2.75, 3.05) is 0 Å². The largest absolute Gasteiger partial charge is 0.243 e. The maximum Gasteiger partial charge on any atom is 0.129 e. The summed E-state index contributed by atoms with van der Waals surface area (Å²) in [4.78, 5) is 8.35. The highest BCUT2D eigenvalue weighted by Gasteiger charge is 2.27. The van der Waals surface area contributed by atoms with E-state index in [1.165, 1.54) is 0 Å². The molecule has 0 bridgehead atoms. The lowest BCUT2D eigenvalue weighted by Gasteiger charge is -2.23. The molecule has 0 unspecified atom stereocenters. The van der Waals surface area contributed by atoms with Gasteiger partial charge in [-0.2, -0.15) is 0 Å². The molecule has 20 heavy (non-hydrogen) atoms. The molecule has 0 aliphatic carbocycles. The average Bonchev–Trinajstić information content (AvgIpc) is 2.33. The third-order valence-corrected chi connectivity index (χ3v) is 6.70. The maximum absolute atomic E-state index is 6.37. The van der Waals surface area contributed by atoms with Crippen LogP contribution in [0.15, 0.2) is 27.4 Å². The molecule has 0 amide bonds. The normalized spacial score (nSPS) is 11.8. The highest BCUT2D eigenvalue weighted by atomic mass is 79.9. The lowest BCUT2D eigenvalue weighted by atomic mass is 10.1. The van der Waals surface area contributed by atoms with E-state index in [2.05, 4.69) is 61.5 Å². The molecule has 2 rings (SSSR count). The van der Waals surface area contributed by atoms with Gasteiger partial charge in [0, 0.05) is 32.5 Å². The minimum absolute atomic E-state index is 0.449. The smallest absolute Gasteiger partial charge is 0.129 e. The number of halogens is 4. The molecular weight excluding hydrogens is 443 g/mol. The van der Waals surface area contributed by atoms with Gasteiger partial charge < -0.3 is 0 Å². The Morgan fingerprint density at radius 2 is 1.60 bits per heavy atom. The fourth-order valence-corrected chi connectivity index (χ4v) is 5.98. The number of aromatic nitrogens is 2. The first-order chi connectivity index (χ1) is 9.21. The Hall–Kier alpha value is 0.0569. The zero-order chi connectivity index (χ0) is 15.1. The van der Waals surface area contributed by atoms with Gasteiger partial charge in [-0.1, -0.05) is 42.8 Å². The average molecular weight is 455 g/mol. The molecule has 0 aliphatic heterocycles. The van der Waals surface area contributed by atoms with Crippen LogP contribution in [0.4, 0.5) is 0 Å². The highest BCUT2D eigenvalue weighted by molar-refractivity contribution is 9.11. The number of pyridine rings is 2. The second kappa shape index (κ2) is 6.05. The van der Waals surface area contributed by atoms with Crippen molar-refractivity contribution in [1.82, 2.24) is 9.97 Å². The first-order valence-electron chi connectivity index (χ1n) is 5.87. The zero-order valence-corrected chi connectivity index (χ0v) is 16.8. The second-order valence-corrected chi connectivity index (χ2v) is 12.8. The van der Waals surface area contributed by atoms with E-state index in [1.54, 1.807) is 12.4 Å². The van der Waals surface area contributed by atoms with E-state index in [0.29, 0.717) is 10.3 Å². The van der Waals surface area contributed by atoms with E-state index in [4.69, 9.17) is 23.2 Å². The number of hydrogen-bond donors (Lipinski definition) is 0. The molecule has 0 saturated heterocycles. The van der Waals surface area contributed by atoms with E-state index in [9.17, 15) is 0 Å². The third-order valence-electron chi connectivity index (χ3n) is 2.83. The maximum atomic E-state index is 6.37. The summed E-state index contributed by atoms with van der Waals surface area (Å²) in [6, 6.07) is 1.84. The topological polar surface area (TPSA) is 25.8 Å². The molecule has 7 heteroatoms. The summed E-state index contributed by atoms with van der Waals surface area (Å²) in [5.74, 6) is 0. The summed E-state index contributed by atoms with van der Waals surface area (Å²) in [7, 11) is -1.69. The third kappa shape index (κ3) is 3.27. The monoisotopic (exact) mass is 452 g/mol. The van der Waals surface area contributed by atoms with Crippen LogP contribution in [0.2, 0.25) is 29.9 Å². The van der Waals surface area contributed by atoms with Crippen LogP contribution in [0.1, 0.15) is 0 Å². The molecule has 106 valence electrons. The molecule has 0 radical (unpaired) electrons. The van der Waals surface area contributed by atoms with Gasteiger partial charge in [0.1, 0.15) is 10.3 Å². The minimum atomic E-state index is -1.69. The summed E-state index contributed by atoms with van der Waals surface area (Å²) in [6.45, 7) is 6.72. The van der Waals surface area contributed by atoms with Crippen LogP contribution >= 0.6 is 55.1 Å². The second-order valence-electron chi connectivity index (χ2n) is 5.38. The standard InChI is InChI=1S/C13H12Br2Cl2N2Si/c1-20(2,3)12-11(9(15)6-19-13(12)17)7-4-10(16)18-5-8(7)14/h4-6H,1-3H3. The Bertz CT molecular complexity index is 672. The minimum Gasteiger partial charge on any atom is -0.243 e. The van der Waals surface area contributed by atoms with Gasteiger partial charge in [-0.15, -0.1) is 0 Å². The first kappa shape index (κ1) is 16.4. The van der Waals surface area contributed by atoms with Gasteiger partial charge in [0.05, 0.1) is 8.07 Å². The highest BCUT2D eigenvalue weighted by Crippen LogP contribution is 2.35. The van der Waals surface area contributed by atoms with E-state index in [0.717, 1.165) is 25.3 Å². The summed E-state index contributed by atoms with van der Waals surface area (Å²) in [5, 5.41) is 2.11. The molecule has 0 N–H and O–H groups in total. The van der Waals surface area contributed by atoms with Gasteiger partial charge in [0.2, 0.25) is 0 Å². The van der Waals surface area contributed by atoms with Crippen molar-refractivity contribution in [3.05, 3.63) is 37.7 Å². The van der Waals surface area contributed by atoms with Gasteiger partial charge in [-0.25, -0.2) is 9.97 Å². The van der Waals surface area contributed by atoms with Crippen LogP contribution in [-0.2, 0) is 0 Å². The van der Waals surface area contributed by atoms with E-state index in [-0.39, 0.29) is 0 Å². The van der Waals surface area contributed by atoms with Gasteiger partial charge in [0.15, 0.2) is 0 Å². The predicted octanol–water partition coefficient (Wildman–Crippen LogP) is 5.52. The van der Waals surface area contributed by atoms with Crippen molar-refractivity contribution in [3.8, 4) is 11.1 Å². The lowest BCUT2D eigenvalue weighted by Crippen LogP contribution is -2.40. The first-order valence-corrected chi connectivity index (χ1v) is 11.7. The Morgan fingerprint density at radius 3 is 2.20 bits per heavy atom. The van der Waals surface area contributed by atoms with Gasteiger partial charge >= 0.3 is 0 Å².